The number of rotatable bonds is 0. The van der Waals surface area contributed by atoms with Crippen molar-refractivity contribution in [2.24, 2.45) is 0 Å². The van der Waals surface area contributed by atoms with E-state index in [0.29, 0.717) is 0 Å². The molecule has 0 aromatic carbocycles. The summed E-state index contributed by atoms with van der Waals surface area (Å²) >= 11 is 0. The molecule has 0 N–H and O–H groups in total. The fourth-order valence-corrected chi connectivity index (χ4v) is 0. The molecule has 0 aliphatic rings. The second-order valence-corrected chi connectivity index (χ2v) is 0. The van der Waals surface area contributed by atoms with Gasteiger partial charge in [0.25, 0.3) is 0 Å². The third-order valence-corrected chi connectivity index (χ3v) is 0. The van der Waals surface area contributed by atoms with Gasteiger partial charge in [0.1, 0.15) is 0 Å². The van der Waals surface area contributed by atoms with Gasteiger partial charge in [-0.25, -0.2) is 0 Å². The third kappa shape index (κ3) is 10.2. The van der Waals surface area contributed by atoms with Gasteiger partial charge in [-0.3, -0.25) is 0 Å². The average Bonchev–Trinajstić information content (AvgIpc) is 0. The second kappa shape index (κ2) is 27.3. The number of nitrogens with zero attached hydrogens (tertiary/aromatic N) is 2. The fourth-order valence-electron chi connectivity index (χ4n) is 0. The van der Waals surface area contributed by atoms with Gasteiger partial charge in [0.15, 0.2) is 0 Å². The normalized spacial score (nSPS) is 0. The molecule has 0 rings (SSSR count). The maximum Gasteiger partial charge on any atom is 6.00 e. The Morgan fingerprint density at radius 2 is 0.750 bits per heavy atom. The first-order valence-electron chi connectivity index (χ1n) is 0. The van der Waals surface area contributed by atoms with E-state index in [1.54, 1.807) is 0 Å². The van der Waals surface area contributed by atoms with E-state index in [2.05, 4.69) is 0 Å². The van der Waals surface area contributed by atoms with E-state index < -0.39 is 0 Å². The molecule has 0 saturated carbocycles. The maximum absolute atomic E-state index is 0. The van der Waals surface area contributed by atoms with E-state index in [4.69, 9.17) is 0 Å². The van der Waals surface area contributed by atoms with Gasteiger partial charge in [0, 0.05) is 21.7 Å². The Hall–Kier alpha value is 1.32. The summed E-state index contributed by atoms with van der Waals surface area (Å²) in [4.78, 5) is 0. The first-order chi connectivity index (χ1) is 0. The third-order valence-electron chi connectivity index (χ3n) is 0. The molecule has 0 aromatic heterocycles. The minimum Gasteiger partial charge on any atom is -3.00 e. The van der Waals surface area contributed by atoms with Crippen molar-refractivity contribution in [2.75, 3.05) is 0 Å². The summed E-state index contributed by atoms with van der Waals surface area (Å²) in [7, 11) is 0. The molecule has 0 amide bonds. The van der Waals surface area contributed by atoms with Crippen LogP contribution in [-0.2, 0) is 42.8 Å². The van der Waals surface area contributed by atoms with E-state index in [1.165, 1.54) is 0 Å². The molecule has 4 heavy (non-hydrogen) atoms. The van der Waals surface area contributed by atoms with Crippen LogP contribution in [0.2, 0.25) is 0 Å². The number of hydrogen-bond acceptors (Lipinski definition) is 0. The summed E-state index contributed by atoms with van der Waals surface area (Å²) in [5.41, 5.74) is 0. The van der Waals surface area contributed by atoms with Crippen molar-refractivity contribution in [3.05, 3.63) is 12.3 Å². The van der Waals surface area contributed by atoms with Gasteiger partial charge in [0.2, 0.25) is 0 Å². The summed E-state index contributed by atoms with van der Waals surface area (Å²) in [5, 5.41) is 0. The van der Waals surface area contributed by atoms with Crippen molar-refractivity contribution in [2.45, 2.75) is 0 Å². The summed E-state index contributed by atoms with van der Waals surface area (Å²) in [6, 6.07) is 0. The minimum atomic E-state index is 0. The first kappa shape index (κ1) is 56.9. The van der Waals surface area contributed by atoms with Crippen LogP contribution in [0.4, 0.5) is 0 Å². The Kier molecular flexibility index (Phi) is 388. The van der Waals surface area contributed by atoms with Gasteiger partial charge in [-0.2, -0.15) is 0 Å². The molecule has 0 atom stereocenters. The Morgan fingerprint density at radius 1 is 0.750 bits per heavy atom. The van der Waals surface area contributed by atoms with Crippen LogP contribution < -0.4 is 0 Å². The monoisotopic (exact) mass is 260 g/mol. The van der Waals surface area contributed by atoms with Crippen molar-refractivity contribution in [1.29, 1.82) is 0 Å². The van der Waals surface area contributed by atoms with Crippen LogP contribution in [0, 0.1) is 0 Å². The predicted octanol–water partition coefficient (Wildman–Crippen LogP) is 0.572. The summed E-state index contributed by atoms with van der Waals surface area (Å²) in [5.74, 6) is 0. The van der Waals surface area contributed by atoms with Crippen LogP contribution in [0.25, 0.3) is 12.3 Å². The van der Waals surface area contributed by atoms with Crippen LogP contribution in [-0.4, -0.2) is 0 Å². The second-order valence-electron chi connectivity index (χ2n) is 0. The molecule has 0 aliphatic heterocycles. The first-order valence-corrected chi connectivity index (χ1v) is 0. The number of hydrogen-bond donors (Lipinski definition) is 0. The molecular formula is N2TiW. The molecule has 20 valence electrons. The largest absolute Gasteiger partial charge is 6.00 e. The van der Waals surface area contributed by atoms with E-state index in [-0.39, 0.29) is 55.1 Å². The van der Waals surface area contributed by atoms with Crippen LogP contribution in [0.15, 0.2) is 0 Å². The SMILES string of the molecule is [N-3].[N-3].[Ti].[W+6]. The van der Waals surface area contributed by atoms with Crippen LogP contribution in [0.1, 0.15) is 0 Å². The van der Waals surface area contributed by atoms with Gasteiger partial charge in [-0.05, 0) is 0 Å². The molecule has 0 unspecified atom stereocenters. The van der Waals surface area contributed by atoms with Gasteiger partial charge in [0.05, 0.1) is 0 Å². The zero-order valence-electron chi connectivity index (χ0n) is 1.80. The Labute approximate surface area is 55.0 Å². The van der Waals surface area contributed by atoms with Crippen molar-refractivity contribution < 1.29 is 42.8 Å². The molecule has 2 nitrogen and oxygen atoms in total. The molecular weight excluding hydrogens is 260 g/mol. The smallest absolute Gasteiger partial charge is 3.00 e. The van der Waals surface area contributed by atoms with Crippen molar-refractivity contribution >= 4 is 0 Å². The standard InChI is InChI=1S/2N.Ti.W/q2*-3;;+6. The quantitative estimate of drug-likeness (QED) is 0.571. The van der Waals surface area contributed by atoms with Crippen molar-refractivity contribution in [3.8, 4) is 0 Å². The average molecular weight is 260 g/mol. The molecule has 0 heterocycles. The van der Waals surface area contributed by atoms with E-state index in [9.17, 15) is 0 Å². The van der Waals surface area contributed by atoms with Crippen molar-refractivity contribution in [1.82, 2.24) is 0 Å². The fraction of sp³-hybridized carbons (Fsp3) is 0. The molecule has 0 aliphatic carbocycles. The van der Waals surface area contributed by atoms with Gasteiger partial charge >= 0.3 is 21.1 Å². The minimum absolute atomic E-state index is 0. The zero-order chi connectivity index (χ0) is 0. The van der Waals surface area contributed by atoms with Crippen LogP contribution in [0.3, 0.4) is 0 Å². The molecule has 0 fully saturated rings. The Morgan fingerprint density at radius 3 is 0.750 bits per heavy atom. The van der Waals surface area contributed by atoms with Crippen LogP contribution in [0.5, 0.6) is 0 Å². The van der Waals surface area contributed by atoms with Gasteiger partial charge < -0.3 is 12.3 Å². The summed E-state index contributed by atoms with van der Waals surface area (Å²) in [6.07, 6.45) is 0. The maximum atomic E-state index is 0. The molecule has 4 heteroatoms. The van der Waals surface area contributed by atoms with Gasteiger partial charge in [-0.15, -0.1) is 0 Å². The van der Waals surface area contributed by atoms with Crippen molar-refractivity contribution in [3.63, 3.8) is 0 Å². The summed E-state index contributed by atoms with van der Waals surface area (Å²) < 4.78 is 0. The Bertz CT molecular complexity index is 6.00. The molecule has 0 spiro atoms. The Balaban J connectivity index is 0. The summed E-state index contributed by atoms with van der Waals surface area (Å²) in [6.45, 7) is 0. The topological polar surface area (TPSA) is 61.0 Å². The molecule has 0 radical (unpaired) electrons. The molecule has 0 aromatic rings. The molecule has 0 saturated heterocycles. The van der Waals surface area contributed by atoms with E-state index in [0.717, 1.165) is 0 Å². The molecule has 0 bridgehead atoms. The van der Waals surface area contributed by atoms with Crippen LogP contribution >= 0.6 is 0 Å². The predicted molar refractivity (Wildman–Crippen MR) is 6.72 cm³/mol. The van der Waals surface area contributed by atoms with E-state index >= 15 is 0 Å². The van der Waals surface area contributed by atoms with E-state index in [1.807, 2.05) is 0 Å². The zero-order valence-corrected chi connectivity index (χ0v) is 6.30. The van der Waals surface area contributed by atoms with Gasteiger partial charge in [-0.1, -0.05) is 0 Å².